The van der Waals surface area contributed by atoms with Crippen LogP contribution in [0.1, 0.15) is 0 Å². The van der Waals surface area contributed by atoms with Gasteiger partial charge in [0.05, 0.1) is 30.8 Å². The zero-order valence-corrected chi connectivity index (χ0v) is 12.0. The van der Waals surface area contributed by atoms with Crippen LogP contribution >= 0.6 is 15.9 Å². The lowest BCUT2D eigenvalue weighted by Gasteiger charge is -2.33. The van der Waals surface area contributed by atoms with E-state index >= 15 is 0 Å². The summed E-state index contributed by atoms with van der Waals surface area (Å²) in [6, 6.07) is 6.03. The topological polar surface area (TPSA) is 66.8 Å². The average molecular weight is 336 g/mol. The van der Waals surface area contributed by atoms with E-state index in [-0.39, 0.29) is 24.7 Å². The highest BCUT2D eigenvalue weighted by atomic mass is 79.9. The maximum absolute atomic E-state index is 12.4. The van der Waals surface area contributed by atoms with Gasteiger partial charge >= 0.3 is 0 Å². The molecule has 0 amide bonds. The Bertz CT molecular complexity index is 520. The minimum atomic E-state index is -3.58. The molecule has 0 radical (unpaired) electrons. The van der Waals surface area contributed by atoms with Crippen molar-refractivity contribution in [1.82, 2.24) is 4.31 Å². The van der Waals surface area contributed by atoms with Crippen molar-refractivity contribution in [3.63, 3.8) is 0 Å². The molecule has 100 valence electrons. The van der Waals surface area contributed by atoms with Gasteiger partial charge in [-0.3, -0.25) is 0 Å². The van der Waals surface area contributed by atoms with E-state index in [1.807, 2.05) is 0 Å². The van der Waals surface area contributed by atoms with Crippen molar-refractivity contribution >= 4 is 26.0 Å². The van der Waals surface area contributed by atoms with E-state index < -0.39 is 16.1 Å². The predicted molar refractivity (Wildman–Crippen MR) is 69.7 cm³/mol. The van der Waals surface area contributed by atoms with Gasteiger partial charge in [0.25, 0.3) is 0 Å². The molecule has 1 heterocycles. The fraction of sp³-hybridized carbons (Fsp3) is 0.455. The Labute approximate surface area is 115 Å². The third kappa shape index (κ3) is 2.75. The van der Waals surface area contributed by atoms with Gasteiger partial charge < -0.3 is 9.84 Å². The van der Waals surface area contributed by atoms with Crippen molar-refractivity contribution in [1.29, 1.82) is 0 Å². The molecule has 0 aromatic heterocycles. The highest BCUT2D eigenvalue weighted by Crippen LogP contribution is 2.23. The second kappa shape index (κ2) is 5.66. The number of benzene rings is 1. The normalized spacial score (nSPS) is 22.0. The van der Waals surface area contributed by atoms with E-state index in [2.05, 4.69) is 15.9 Å². The van der Waals surface area contributed by atoms with Crippen molar-refractivity contribution in [2.24, 2.45) is 0 Å². The fourth-order valence-electron chi connectivity index (χ4n) is 1.86. The molecule has 1 aliphatic rings. The number of hydrogen-bond donors (Lipinski definition) is 1. The minimum absolute atomic E-state index is 0.220. The van der Waals surface area contributed by atoms with Crippen LogP contribution in [0.3, 0.4) is 0 Å². The van der Waals surface area contributed by atoms with Crippen molar-refractivity contribution < 1.29 is 18.3 Å². The van der Waals surface area contributed by atoms with Gasteiger partial charge in [0.2, 0.25) is 10.0 Å². The average Bonchev–Trinajstić information content (AvgIpc) is 2.38. The van der Waals surface area contributed by atoms with Crippen LogP contribution in [0.25, 0.3) is 0 Å². The Balaban J connectivity index is 2.35. The fourth-order valence-corrected chi connectivity index (χ4v) is 4.05. The van der Waals surface area contributed by atoms with E-state index in [1.54, 1.807) is 24.3 Å². The Hall–Kier alpha value is -0.470. The van der Waals surface area contributed by atoms with Crippen LogP contribution < -0.4 is 0 Å². The molecule has 0 saturated carbocycles. The van der Waals surface area contributed by atoms with Gasteiger partial charge in [0.1, 0.15) is 0 Å². The molecule has 1 aromatic rings. The molecule has 0 spiro atoms. The molecule has 7 heteroatoms. The van der Waals surface area contributed by atoms with Crippen LogP contribution in [0.2, 0.25) is 0 Å². The van der Waals surface area contributed by atoms with Gasteiger partial charge in [-0.15, -0.1) is 0 Å². The van der Waals surface area contributed by atoms with Gasteiger partial charge in [0.15, 0.2) is 0 Å². The molecule has 1 aromatic carbocycles. The highest BCUT2D eigenvalue weighted by molar-refractivity contribution is 9.10. The van der Waals surface area contributed by atoms with Gasteiger partial charge in [-0.25, -0.2) is 8.42 Å². The summed E-state index contributed by atoms with van der Waals surface area (Å²) in [4.78, 5) is 0.220. The van der Waals surface area contributed by atoms with Gasteiger partial charge in [-0.1, -0.05) is 22.0 Å². The summed E-state index contributed by atoms with van der Waals surface area (Å²) in [5, 5.41) is 9.23. The Morgan fingerprint density at radius 1 is 1.50 bits per heavy atom. The van der Waals surface area contributed by atoms with Crippen LogP contribution in [0.4, 0.5) is 0 Å². The Morgan fingerprint density at radius 2 is 2.28 bits per heavy atom. The number of morpholine rings is 1. The van der Waals surface area contributed by atoms with Crippen LogP contribution in [0.15, 0.2) is 33.6 Å². The summed E-state index contributed by atoms with van der Waals surface area (Å²) in [7, 11) is -3.58. The lowest BCUT2D eigenvalue weighted by Crippen LogP contribution is -2.50. The summed E-state index contributed by atoms with van der Waals surface area (Å²) in [5.41, 5.74) is 0. The molecule has 1 aliphatic heterocycles. The molecular formula is C11H14BrNO4S. The number of sulfonamides is 1. The minimum Gasteiger partial charge on any atom is -0.395 e. The second-order valence-electron chi connectivity index (χ2n) is 3.98. The first-order valence-corrected chi connectivity index (χ1v) is 7.75. The van der Waals surface area contributed by atoms with Crippen molar-refractivity contribution in [2.45, 2.75) is 10.9 Å². The van der Waals surface area contributed by atoms with Crippen molar-refractivity contribution in [3.8, 4) is 0 Å². The van der Waals surface area contributed by atoms with Crippen LogP contribution in [-0.2, 0) is 14.8 Å². The Kier molecular flexibility index (Phi) is 4.39. The molecule has 0 aliphatic carbocycles. The largest absolute Gasteiger partial charge is 0.395 e. The first kappa shape index (κ1) is 14.0. The van der Waals surface area contributed by atoms with E-state index in [1.165, 1.54) is 4.31 Å². The number of hydrogen-bond acceptors (Lipinski definition) is 4. The lowest BCUT2D eigenvalue weighted by molar-refractivity contribution is 0.0109. The summed E-state index contributed by atoms with van der Waals surface area (Å²) >= 11 is 3.25. The molecule has 1 saturated heterocycles. The number of nitrogens with zero attached hydrogens (tertiary/aromatic N) is 1. The third-order valence-corrected chi connectivity index (χ3v) is 5.23. The van der Waals surface area contributed by atoms with E-state index in [0.29, 0.717) is 11.1 Å². The predicted octanol–water partition coefficient (Wildman–Crippen LogP) is 0.831. The van der Waals surface area contributed by atoms with Gasteiger partial charge in [-0.05, 0) is 18.2 Å². The molecule has 1 atom stereocenters. The molecule has 2 rings (SSSR count). The zero-order chi connectivity index (χ0) is 13.2. The molecule has 0 bridgehead atoms. The van der Waals surface area contributed by atoms with Crippen LogP contribution in [0.5, 0.6) is 0 Å². The number of halogens is 1. The van der Waals surface area contributed by atoms with Crippen molar-refractivity contribution in [2.75, 3.05) is 26.4 Å². The molecule has 1 fully saturated rings. The van der Waals surface area contributed by atoms with E-state index in [4.69, 9.17) is 4.74 Å². The molecule has 5 nitrogen and oxygen atoms in total. The quantitative estimate of drug-likeness (QED) is 0.888. The SMILES string of the molecule is O=S(=O)(c1cccc(Br)c1)N1CCOCC1CO. The molecule has 18 heavy (non-hydrogen) atoms. The summed E-state index contributed by atoms with van der Waals surface area (Å²) < 4.78 is 32.1. The first-order chi connectivity index (χ1) is 8.55. The van der Waals surface area contributed by atoms with Gasteiger partial charge in [-0.2, -0.15) is 4.31 Å². The lowest BCUT2D eigenvalue weighted by atomic mass is 10.3. The maximum atomic E-state index is 12.4. The third-order valence-electron chi connectivity index (χ3n) is 2.79. The van der Waals surface area contributed by atoms with E-state index in [0.717, 1.165) is 0 Å². The van der Waals surface area contributed by atoms with Gasteiger partial charge in [0, 0.05) is 11.0 Å². The maximum Gasteiger partial charge on any atom is 0.243 e. The molecule has 1 unspecified atom stereocenters. The van der Waals surface area contributed by atoms with Crippen LogP contribution in [-0.4, -0.2) is 50.2 Å². The summed E-state index contributed by atoms with van der Waals surface area (Å²) in [6.07, 6.45) is 0. The number of aliphatic hydroxyl groups is 1. The van der Waals surface area contributed by atoms with Crippen LogP contribution in [0, 0.1) is 0 Å². The van der Waals surface area contributed by atoms with Crippen molar-refractivity contribution in [3.05, 3.63) is 28.7 Å². The highest BCUT2D eigenvalue weighted by Gasteiger charge is 2.33. The smallest absolute Gasteiger partial charge is 0.243 e. The number of ether oxygens (including phenoxy) is 1. The first-order valence-electron chi connectivity index (χ1n) is 5.51. The molecule has 1 N–H and O–H groups in total. The molecular weight excluding hydrogens is 322 g/mol. The number of aliphatic hydroxyl groups excluding tert-OH is 1. The standard InChI is InChI=1S/C11H14BrNO4S/c12-9-2-1-3-11(6-9)18(15,16)13-4-5-17-8-10(13)7-14/h1-3,6,10,14H,4-5,7-8H2. The summed E-state index contributed by atoms with van der Waals surface area (Å²) in [5.74, 6) is 0. The summed E-state index contributed by atoms with van der Waals surface area (Å²) in [6.45, 7) is 0.598. The zero-order valence-electron chi connectivity index (χ0n) is 9.62. The second-order valence-corrected chi connectivity index (χ2v) is 6.79. The number of rotatable bonds is 3. The van der Waals surface area contributed by atoms with E-state index in [9.17, 15) is 13.5 Å². The monoisotopic (exact) mass is 335 g/mol. The Morgan fingerprint density at radius 3 is 2.94 bits per heavy atom.